The summed E-state index contributed by atoms with van der Waals surface area (Å²) in [5.41, 5.74) is 7.46. The van der Waals surface area contributed by atoms with Crippen molar-refractivity contribution in [2.24, 2.45) is 11.7 Å². The molecule has 0 saturated carbocycles. The van der Waals surface area contributed by atoms with Gasteiger partial charge in [-0.05, 0) is 5.56 Å². The fraction of sp³-hybridized carbons (Fsp3) is 0.538. The number of nitrogens with zero attached hydrogens (tertiary/aromatic N) is 1. The highest BCUT2D eigenvalue weighted by molar-refractivity contribution is 5.15. The second-order valence-corrected chi connectivity index (χ2v) is 4.89. The number of benzene rings is 1. The van der Waals surface area contributed by atoms with Gasteiger partial charge in [0.1, 0.15) is 0 Å². The first-order valence-corrected chi connectivity index (χ1v) is 5.96. The smallest absolute Gasteiger partial charge is 0.0856 e. The molecular formula is C13H18N2O. The molecule has 3 heteroatoms. The molecule has 1 aromatic carbocycles. The molecule has 3 nitrogen and oxygen atoms in total. The average Bonchev–Trinajstić information content (AvgIpc) is 2.54. The molecule has 2 N–H and O–H groups in total. The van der Waals surface area contributed by atoms with E-state index in [-0.39, 0.29) is 12.1 Å². The summed E-state index contributed by atoms with van der Waals surface area (Å²) in [5, 5.41) is 0. The Morgan fingerprint density at radius 1 is 1.25 bits per heavy atom. The molecule has 3 atom stereocenters. The van der Waals surface area contributed by atoms with Crippen molar-refractivity contribution < 1.29 is 4.74 Å². The van der Waals surface area contributed by atoms with Gasteiger partial charge in [0.15, 0.2) is 0 Å². The maximum absolute atomic E-state index is 6.09. The molecule has 1 aromatic rings. The Balaban J connectivity index is 1.66. The first-order chi connectivity index (χ1) is 7.83. The van der Waals surface area contributed by atoms with Crippen LogP contribution in [0.4, 0.5) is 0 Å². The number of ether oxygens (including phenoxy) is 1. The second-order valence-electron chi connectivity index (χ2n) is 4.89. The molecule has 0 amide bonds. The van der Waals surface area contributed by atoms with Crippen molar-refractivity contribution in [3.8, 4) is 0 Å². The van der Waals surface area contributed by atoms with Crippen LogP contribution in [0.5, 0.6) is 0 Å². The summed E-state index contributed by atoms with van der Waals surface area (Å²) in [6.07, 6.45) is 0.252. The summed E-state index contributed by atoms with van der Waals surface area (Å²) in [6, 6.07) is 10.9. The van der Waals surface area contributed by atoms with Crippen LogP contribution < -0.4 is 5.73 Å². The van der Waals surface area contributed by atoms with Crippen LogP contribution in [0.3, 0.4) is 0 Å². The maximum atomic E-state index is 6.09. The highest BCUT2D eigenvalue weighted by Crippen LogP contribution is 2.26. The quantitative estimate of drug-likeness (QED) is 0.799. The topological polar surface area (TPSA) is 38.5 Å². The van der Waals surface area contributed by atoms with E-state index in [2.05, 4.69) is 35.2 Å². The van der Waals surface area contributed by atoms with Crippen molar-refractivity contribution in [3.05, 3.63) is 35.9 Å². The van der Waals surface area contributed by atoms with Gasteiger partial charge in [-0.1, -0.05) is 30.3 Å². The van der Waals surface area contributed by atoms with Crippen molar-refractivity contribution in [2.75, 3.05) is 19.7 Å². The van der Waals surface area contributed by atoms with E-state index in [1.54, 1.807) is 0 Å². The molecular weight excluding hydrogens is 200 g/mol. The van der Waals surface area contributed by atoms with Gasteiger partial charge in [0.2, 0.25) is 0 Å². The lowest BCUT2D eigenvalue weighted by molar-refractivity contribution is 0.0706. The van der Waals surface area contributed by atoms with Gasteiger partial charge in [-0.25, -0.2) is 0 Å². The van der Waals surface area contributed by atoms with Gasteiger partial charge < -0.3 is 10.5 Å². The van der Waals surface area contributed by atoms with Crippen molar-refractivity contribution in [2.45, 2.75) is 18.7 Å². The summed E-state index contributed by atoms with van der Waals surface area (Å²) < 4.78 is 5.69. The zero-order chi connectivity index (χ0) is 11.0. The van der Waals surface area contributed by atoms with Crippen LogP contribution >= 0.6 is 0 Å². The Hall–Kier alpha value is -0.900. The van der Waals surface area contributed by atoms with E-state index in [1.807, 2.05) is 0 Å². The van der Waals surface area contributed by atoms with Crippen LogP contribution in [-0.4, -0.2) is 36.7 Å². The normalized spacial score (nSPS) is 34.2. The van der Waals surface area contributed by atoms with E-state index in [9.17, 15) is 0 Å². The Bertz CT molecular complexity index is 340. The molecule has 0 aromatic heterocycles. The molecule has 2 fully saturated rings. The summed E-state index contributed by atoms with van der Waals surface area (Å²) in [5.74, 6) is 0.530. The molecule has 3 rings (SSSR count). The molecule has 0 aliphatic carbocycles. The van der Waals surface area contributed by atoms with Crippen molar-refractivity contribution in [1.29, 1.82) is 0 Å². The molecule has 2 bridgehead atoms. The molecule has 0 unspecified atom stereocenters. The fourth-order valence-corrected chi connectivity index (χ4v) is 2.75. The number of rotatable bonds is 2. The van der Waals surface area contributed by atoms with Crippen LogP contribution in [0.25, 0.3) is 0 Å². The van der Waals surface area contributed by atoms with Crippen molar-refractivity contribution >= 4 is 0 Å². The van der Waals surface area contributed by atoms with Gasteiger partial charge in [0.05, 0.1) is 12.7 Å². The van der Waals surface area contributed by atoms with E-state index in [0.717, 1.165) is 26.2 Å². The molecule has 2 saturated heterocycles. The average molecular weight is 218 g/mol. The molecule has 2 heterocycles. The largest absolute Gasteiger partial charge is 0.375 e. The number of hydrogen-bond acceptors (Lipinski definition) is 3. The van der Waals surface area contributed by atoms with Gasteiger partial charge in [0, 0.05) is 31.6 Å². The Morgan fingerprint density at radius 2 is 2.06 bits per heavy atom. The summed E-state index contributed by atoms with van der Waals surface area (Å²) in [7, 11) is 0. The van der Waals surface area contributed by atoms with E-state index in [0.29, 0.717) is 5.92 Å². The zero-order valence-corrected chi connectivity index (χ0v) is 9.38. The van der Waals surface area contributed by atoms with Crippen LogP contribution in [-0.2, 0) is 11.3 Å². The van der Waals surface area contributed by atoms with E-state index >= 15 is 0 Å². The lowest BCUT2D eigenvalue weighted by atomic mass is 9.94. The van der Waals surface area contributed by atoms with Crippen LogP contribution in [0, 0.1) is 5.92 Å². The number of piperidine rings is 1. The Morgan fingerprint density at radius 3 is 2.81 bits per heavy atom. The summed E-state index contributed by atoms with van der Waals surface area (Å²) in [6.45, 7) is 3.92. The standard InChI is InChI=1S/C13H18N2O/c14-13-11-7-15(8-12(13)16-9-11)6-10-4-2-1-3-5-10/h1-5,11-13H,6-9,14H2/t11-,12-,13+/m0/s1. The predicted octanol–water partition coefficient (Wildman–Crippen LogP) is 0.844. The second kappa shape index (κ2) is 4.17. The third-order valence-corrected chi connectivity index (χ3v) is 3.68. The third-order valence-electron chi connectivity index (χ3n) is 3.68. The molecule has 0 spiro atoms. The fourth-order valence-electron chi connectivity index (χ4n) is 2.75. The highest BCUT2D eigenvalue weighted by Gasteiger charge is 2.40. The Labute approximate surface area is 96.2 Å². The molecule has 16 heavy (non-hydrogen) atoms. The lowest BCUT2D eigenvalue weighted by Gasteiger charge is -2.34. The minimum Gasteiger partial charge on any atom is -0.375 e. The number of hydrogen-bond donors (Lipinski definition) is 1. The molecule has 86 valence electrons. The van der Waals surface area contributed by atoms with Crippen LogP contribution in [0.2, 0.25) is 0 Å². The minimum atomic E-state index is 0.252. The van der Waals surface area contributed by atoms with Crippen molar-refractivity contribution in [3.63, 3.8) is 0 Å². The Kier molecular flexibility index (Phi) is 2.67. The monoisotopic (exact) mass is 218 g/mol. The first-order valence-electron chi connectivity index (χ1n) is 5.96. The van der Waals surface area contributed by atoms with E-state index in [4.69, 9.17) is 10.5 Å². The van der Waals surface area contributed by atoms with Crippen LogP contribution in [0.15, 0.2) is 30.3 Å². The van der Waals surface area contributed by atoms with Gasteiger partial charge in [-0.3, -0.25) is 4.90 Å². The minimum absolute atomic E-state index is 0.252. The first kappa shape index (κ1) is 10.3. The highest BCUT2D eigenvalue weighted by atomic mass is 16.5. The molecule has 2 aliphatic rings. The van der Waals surface area contributed by atoms with Crippen LogP contribution in [0.1, 0.15) is 5.56 Å². The third kappa shape index (κ3) is 1.86. The van der Waals surface area contributed by atoms with Gasteiger partial charge >= 0.3 is 0 Å². The van der Waals surface area contributed by atoms with E-state index in [1.165, 1.54) is 5.56 Å². The maximum Gasteiger partial charge on any atom is 0.0856 e. The van der Waals surface area contributed by atoms with Crippen molar-refractivity contribution in [1.82, 2.24) is 4.90 Å². The van der Waals surface area contributed by atoms with E-state index < -0.39 is 0 Å². The van der Waals surface area contributed by atoms with Gasteiger partial charge in [-0.15, -0.1) is 0 Å². The zero-order valence-electron chi connectivity index (χ0n) is 9.38. The summed E-state index contributed by atoms with van der Waals surface area (Å²) >= 11 is 0. The molecule has 0 radical (unpaired) electrons. The molecule has 2 aliphatic heterocycles. The van der Waals surface area contributed by atoms with Gasteiger partial charge in [-0.2, -0.15) is 0 Å². The summed E-state index contributed by atoms with van der Waals surface area (Å²) in [4.78, 5) is 2.46. The SMILES string of the molecule is N[C@@H]1[C@@H]2CO[C@H]1CN(Cc1ccccc1)C2. The number of nitrogens with two attached hydrogens (primary N) is 1. The predicted molar refractivity (Wildman–Crippen MR) is 62.9 cm³/mol. The number of fused-ring (bicyclic) bond motifs is 2. The van der Waals surface area contributed by atoms with Gasteiger partial charge in [0.25, 0.3) is 0 Å². The number of likely N-dealkylation sites (tertiary alicyclic amines) is 1. The lowest BCUT2D eigenvalue weighted by Crippen LogP contribution is -2.51.